The van der Waals surface area contributed by atoms with Crippen LogP contribution in [0.15, 0.2) is 0 Å². The fourth-order valence-corrected chi connectivity index (χ4v) is 1.72. The molecule has 3 N–H and O–H groups in total. The van der Waals surface area contributed by atoms with E-state index in [0.717, 1.165) is 12.8 Å². The Labute approximate surface area is 78.1 Å². The zero-order valence-electron chi connectivity index (χ0n) is 7.90. The molecule has 3 unspecified atom stereocenters. The number of esters is 1. The number of hydrogen-bond acceptors (Lipinski definition) is 4. The molecule has 0 heterocycles. The van der Waals surface area contributed by atoms with Gasteiger partial charge in [-0.15, -0.1) is 0 Å². The Balaban J connectivity index is 2.52. The van der Waals surface area contributed by atoms with Crippen molar-refractivity contribution in [1.29, 1.82) is 0 Å². The molecule has 4 heteroatoms. The highest BCUT2D eigenvalue weighted by atomic mass is 16.5. The summed E-state index contributed by atoms with van der Waals surface area (Å²) in [5, 5.41) is 9.43. The summed E-state index contributed by atoms with van der Waals surface area (Å²) in [5.41, 5.74) is 5.70. The van der Waals surface area contributed by atoms with Crippen LogP contribution in [-0.2, 0) is 9.53 Å². The Morgan fingerprint density at radius 1 is 1.62 bits per heavy atom. The molecule has 0 radical (unpaired) electrons. The van der Waals surface area contributed by atoms with Gasteiger partial charge in [0.2, 0.25) is 0 Å². The van der Waals surface area contributed by atoms with E-state index in [2.05, 4.69) is 0 Å². The topological polar surface area (TPSA) is 72.5 Å². The van der Waals surface area contributed by atoms with Crippen LogP contribution in [0.4, 0.5) is 0 Å². The lowest BCUT2D eigenvalue weighted by Gasteiger charge is -2.30. The van der Waals surface area contributed by atoms with Crippen molar-refractivity contribution >= 4 is 5.97 Å². The van der Waals surface area contributed by atoms with E-state index in [1.807, 2.05) is 0 Å². The van der Waals surface area contributed by atoms with E-state index in [-0.39, 0.29) is 11.9 Å². The Hall–Kier alpha value is -0.610. The first-order chi connectivity index (χ1) is 6.16. The van der Waals surface area contributed by atoms with Crippen LogP contribution >= 0.6 is 0 Å². The second kappa shape index (κ2) is 4.58. The molecular weight excluding hydrogens is 170 g/mol. The van der Waals surface area contributed by atoms with Gasteiger partial charge in [0, 0.05) is 6.04 Å². The van der Waals surface area contributed by atoms with Gasteiger partial charge in [0.25, 0.3) is 0 Å². The van der Waals surface area contributed by atoms with Crippen molar-refractivity contribution in [3.05, 3.63) is 0 Å². The predicted octanol–water partition coefficient (Wildman–Crippen LogP) is 0.0378. The quantitative estimate of drug-likeness (QED) is 0.598. The van der Waals surface area contributed by atoms with Gasteiger partial charge in [-0.2, -0.15) is 0 Å². The fourth-order valence-electron chi connectivity index (χ4n) is 1.72. The molecule has 1 aliphatic rings. The van der Waals surface area contributed by atoms with Crippen LogP contribution in [0.3, 0.4) is 0 Å². The molecule has 0 aromatic carbocycles. The van der Waals surface area contributed by atoms with Crippen LogP contribution in [0.5, 0.6) is 0 Å². The van der Waals surface area contributed by atoms with Gasteiger partial charge in [-0.3, -0.25) is 4.79 Å². The highest BCUT2D eigenvalue weighted by molar-refractivity contribution is 5.73. The molecule has 0 bridgehead atoms. The molecular formula is C9H17NO3. The molecule has 1 fully saturated rings. The van der Waals surface area contributed by atoms with Crippen molar-refractivity contribution in [2.75, 3.05) is 6.61 Å². The van der Waals surface area contributed by atoms with Crippen molar-refractivity contribution in [2.24, 2.45) is 11.7 Å². The van der Waals surface area contributed by atoms with Gasteiger partial charge in [0.05, 0.1) is 18.6 Å². The van der Waals surface area contributed by atoms with E-state index in [9.17, 15) is 9.90 Å². The summed E-state index contributed by atoms with van der Waals surface area (Å²) in [7, 11) is 0. The zero-order chi connectivity index (χ0) is 9.84. The molecule has 0 aromatic rings. The first-order valence-corrected chi connectivity index (χ1v) is 4.77. The largest absolute Gasteiger partial charge is 0.466 e. The summed E-state index contributed by atoms with van der Waals surface area (Å²) >= 11 is 0. The van der Waals surface area contributed by atoms with E-state index in [0.29, 0.717) is 13.0 Å². The van der Waals surface area contributed by atoms with E-state index in [1.165, 1.54) is 0 Å². The number of aliphatic hydroxyl groups excluding tert-OH is 1. The number of ether oxygens (including phenoxy) is 1. The normalized spacial score (nSPS) is 34.2. The van der Waals surface area contributed by atoms with E-state index < -0.39 is 12.1 Å². The Morgan fingerprint density at radius 2 is 2.31 bits per heavy atom. The van der Waals surface area contributed by atoms with Crippen LogP contribution in [0.2, 0.25) is 0 Å². The lowest BCUT2D eigenvalue weighted by molar-refractivity contribution is -0.151. The molecule has 0 spiro atoms. The van der Waals surface area contributed by atoms with E-state index >= 15 is 0 Å². The number of carbonyl (C=O) groups is 1. The summed E-state index contributed by atoms with van der Waals surface area (Å²) in [4.78, 5) is 11.3. The number of nitrogens with two attached hydrogens (primary N) is 1. The van der Waals surface area contributed by atoms with Crippen LogP contribution in [0.25, 0.3) is 0 Å². The maximum absolute atomic E-state index is 11.3. The molecule has 1 rings (SSSR count). The van der Waals surface area contributed by atoms with Gasteiger partial charge in [0.15, 0.2) is 0 Å². The lowest BCUT2D eigenvalue weighted by Crippen LogP contribution is -2.48. The van der Waals surface area contributed by atoms with Gasteiger partial charge >= 0.3 is 5.97 Å². The predicted molar refractivity (Wildman–Crippen MR) is 48.0 cm³/mol. The average molecular weight is 187 g/mol. The molecule has 0 aromatic heterocycles. The summed E-state index contributed by atoms with van der Waals surface area (Å²) < 4.78 is 4.87. The van der Waals surface area contributed by atoms with Gasteiger partial charge in [-0.25, -0.2) is 0 Å². The fraction of sp³-hybridized carbons (Fsp3) is 0.889. The molecule has 1 saturated carbocycles. The second-order valence-corrected chi connectivity index (χ2v) is 3.43. The monoisotopic (exact) mass is 187 g/mol. The Morgan fingerprint density at radius 3 is 2.92 bits per heavy atom. The summed E-state index contributed by atoms with van der Waals surface area (Å²) in [6.07, 6.45) is 1.72. The molecule has 4 nitrogen and oxygen atoms in total. The van der Waals surface area contributed by atoms with E-state index in [1.54, 1.807) is 6.92 Å². The van der Waals surface area contributed by atoms with Crippen molar-refractivity contribution < 1.29 is 14.6 Å². The van der Waals surface area contributed by atoms with E-state index in [4.69, 9.17) is 10.5 Å². The standard InChI is InChI=1S/C9H17NO3/c1-2-13-9(12)6-4-3-5-7(11)8(6)10/h6-8,11H,2-5,10H2,1H3. The molecule has 13 heavy (non-hydrogen) atoms. The number of aliphatic hydroxyl groups is 1. The van der Waals surface area contributed by atoms with Crippen molar-refractivity contribution in [1.82, 2.24) is 0 Å². The average Bonchev–Trinajstić information content (AvgIpc) is 2.10. The third-order valence-electron chi connectivity index (χ3n) is 2.51. The number of carbonyl (C=O) groups excluding carboxylic acids is 1. The third kappa shape index (κ3) is 2.42. The maximum atomic E-state index is 11.3. The minimum atomic E-state index is -0.553. The van der Waals surface area contributed by atoms with Crippen molar-refractivity contribution in [3.8, 4) is 0 Å². The minimum absolute atomic E-state index is 0.270. The van der Waals surface area contributed by atoms with Crippen molar-refractivity contribution in [2.45, 2.75) is 38.3 Å². The molecule has 76 valence electrons. The van der Waals surface area contributed by atoms with Crippen molar-refractivity contribution in [3.63, 3.8) is 0 Å². The summed E-state index contributed by atoms with van der Waals surface area (Å²) in [6.45, 7) is 2.14. The second-order valence-electron chi connectivity index (χ2n) is 3.43. The maximum Gasteiger partial charge on any atom is 0.310 e. The van der Waals surface area contributed by atoms with Crippen LogP contribution in [0, 0.1) is 5.92 Å². The molecule has 1 aliphatic carbocycles. The van der Waals surface area contributed by atoms with Gasteiger partial charge in [-0.1, -0.05) is 0 Å². The highest BCUT2D eigenvalue weighted by Crippen LogP contribution is 2.24. The molecule has 3 atom stereocenters. The van der Waals surface area contributed by atoms with Crippen LogP contribution in [0.1, 0.15) is 26.2 Å². The lowest BCUT2D eigenvalue weighted by atomic mass is 9.83. The Bertz CT molecular complexity index is 184. The summed E-state index contributed by atoms with van der Waals surface area (Å²) in [5.74, 6) is -0.586. The van der Waals surface area contributed by atoms with Gasteiger partial charge in [0.1, 0.15) is 0 Å². The third-order valence-corrected chi connectivity index (χ3v) is 2.51. The zero-order valence-corrected chi connectivity index (χ0v) is 7.90. The number of hydrogen-bond donors (Lipinski definition) is 2. The summed E-state index contributed by atoms with van der Waals surface area (Å²) in [6, 6.07) is -0.451. The van der Waals surface area contributed by atoms with Crippen LogP contribution in [-0.4, -0.2) is 29.8 Å². The molecule has 0 saturated heterocycles. The smallest absolute Gasteiger partial charge is 0.310 e. The van der Waals surface area contributed by atoms with Gasteiger partial charge < -0.3 is 15.6 Å². The first kappa shape index (κ1) is 10.5. The SMILES string of the molecule is CCOC(=O)C1CCCC(O)C1N. The molecule has 0 aliphatic heterocycles. The minimum Gasteiger partial charge on any atom is -0.466 e. The Kier molecular flexibility index (Phi) is 3.69. The highest BCUT2D eigenvalue weighted by Gasteiger charge is 2.34. The first-order valence-electron chi connectivity index (χ1n) is 4.77. The molecule has 0 amide bonds. The number of rotatable bonds is 2. The van der Waals surface area contributed by atoms with Gasteiger partial charge in [-0.05, 0) is 26.2 Å². The van der Waals surface area contributed by atoms with Crippen LogP contribution < -0.4 is 5.73 Å².